The number of rotatable bonds is 4. The van der Waals surface area contributed by atoms with E-state index in [4.69, 9.17) is 0 Å². The molecule has 4 atom stereocenters. The topological polar surface area (TPSA) is 20.2 Å². The second-order valence-corrected chi connectivity index (χ2v) is 4.71. The van der Waals surface area contributed by atoms with Crippen LogP contribution in [0.5, 0.6) is 0 Å². The molecule has 0 amide bonds. The third-order valence-electron chi connectivity index (χ3n) is 3.99. The lowest BCUT2D eigenvalue weighted by Gasteiger charge is -2.31. The Morgan fingerprint density at radius 2 is 2.23 bits per heavy atom. The molecule has 1 N–H and O–H groups in total. The number of hydrogen-bond donors (Lipinski definition) is 1. The van der Waals surface area contributed by atoms with Crippen LogP contribution >= 0.6 is 0 Å². The molecular formula is C12H20O. The maximum absolute atomic E-state index is 9.95. The highest BCUT2D eigenvalue weighted by Gasteiger charge is 2.46. The fraction of sp³-hybridized carbons (Fsp3) is 0.833. The van der Waals surface area contributed by atoms with Crippen LogP contribution in [0.25, 0.3) is 0 Å². The fourth-order valence-electron chi connectivity index (χ4n) is 3.03. The summed E-state index contributed by atoms with van der Waals surface area (Å²) in [6, 6.07) is 0. The molecule has 2 fully saturated rings. The Morgan fingerprint density at radius 3 is 2.69 bits per heavy atom. The van der Waals surface area contributed by atoms with Crippen LogP contribution in [-0.4, -0.2) is 11.2 Å². The van der Waals surface area contributed by atoms with E-state index in [0.717, 1.165) is 12.3 Å². The normalized spacial score (nSPS) is 42.5. The first-order valence-electron chi connectivity index (χ1n) is 5.62. The molecule has 0 spiro atoms. The summed E-state index contributed by atoms with van der Waals surface area (Å²) < 4.78 is 0. The zero-order chi connectivity index (χ0) is 9.26. The van der Waals surface area contributed by atoms with E-state index in [1.165, 1.54) is 32.1 Å². The van der Waals surface area contributed by atoms with Crippen molar-refractivity contribution in [1.29, 1.82) is 0 Å². The Bertz CT molecular complexity index is 188. The molecule has 1 nitrogen and oxygen atoms in total. The highest BCUT2D eigenvalue weighted by atomic mass is 16.3. The number of aliphatic hydroxyl groups excluding tert-OH is 1. The van der Waals surface area contributed by atoms with Crippen LogP contribution in [0.1, 0.15) is 38.5 Å². The largest absolute Gasteiger partial charge is 0.393 e. The Hall–Kier alpha value is -0.300. The third kappa shape index (κ3) is 1.67. The molecule has 1 heteroatoms. The van der Waals surface area contributed by atoms with Crippen molar-refractivity contribution in [2.45, 2.75) is 44.6 Å². The number of allylic oxidation sites excluding steroid dienone is 1. The predicted molar refractivity (Wildman–Crippen MR) is 54.4 cm³/mol. The van der Waals surface area contributed by atoms with Gasteiger partial charge in [-0.05, 0) is 56.3 Å². The van der Waals surface area contributed by atoms with Crippen LogP contribution in [0.4, 0.5) is 0 Å². The molecule has 13 heavy (non-hydrogen) atoms. The summed E-state index contributed by atoms with van der Waals surface area (Å²) >= 11 is 0. The van der Waals surface area contributed by atoms with E-state index in [9.17, 15) is 5.11 Å². The first-order valence-corrected chi connectivity index (χ1v) is 5.62. The summed E-state index contributed by atoms with van der Waals surface area (Å²) in [5.41, 5.74) is 0. The van der Waals surface area contributed by atoms with Crippen LogP contribution in [0, 0.1) is 17.8 Å². The van der Waals surface area contributed by atoms with Crippen molar-refractivity contribution < 1.29 is 5.11 Å². The van der Waals surface area contributed by atoms with E-state index in [1.807, 2.05) is 6.08 Å². The van der Waals surface area contributed by atoms with Crippen molar-refractivity contribution in [2.75, 3.05) is 0 Å². The summed E-state index contributed by atoms with van der Waals surface area (Å²) in [6.45, 7) is 3.72. The van der Waals surface area contributed by atoms with Gasteiger partial charge in [0.15, 0.2) is 0 Å². The van der Waals surface area contributed by atoms with E-state index in [1.54, 1.807) is 0 Å². The minimum absolute atomic E-state index is 0.0311. The van der Waals surface area contributed by atoms with Gasteiger partial charge >= 0.3 is 0 Å². The fourth-order valence-corrected chi connectivity index (χ4v) is 3.03. The molecule has 74 valence electrons. The lowest BCUT2D eigenvalue weighted by atomic mass is 9.76. The predicted octanol–water partition coefficient (Wildman–Crippen LogP) is 2.75. The Balaban J connectivity index is 1.77. The van der Waals surface area contributed by atoms with Crippen molar-refractivity contribution in [2.24, 2.45) is 17.8 Å². The number of fused-ring (bicyclic) bond motifs is 1. The van der Waals surface area contributed by atoms with Gasteiger partial charge < -0.3 is 5.11 Å². The Morgan fingerprint density at radius 1 is 1.38 bits per heavy atom. The van der Waals surface area contributed by atoms with E-state index < -0.39 is 0 Å². The number of hydrogen-bond acceptors (Lipinski definition) is 1. The summed E-state index contributed by atoms with van der Waals surface area (Å²) in [4.78, 5) is 0. The SMILES string of the molecule is C=CCCCC1CC2CCC2C1O. The first kappa shape index (κ1) is 9.26. The molecule has 2 rings (SSSR count). The molecule has 0 aliphatic heterocycles. The Kier molecular flexibility index (Phi) is 2.73. The van der Waals surface area contributed by atoms with Gasteiger partial charge in [0.25, 0.3) is 0 Å². The van der Waals surface area contributed by atoms with Crippen molar-refractivity contribution in [3.05, 3.63) is 12.7 Å². The minimum atomic E-state index is 0.0311. The highest BCUT2D eigenvalue weighted by molar-refractivity contribution is 4.96. The van der Waals surface area contributed by atoms with E-state index in [2.05, 4.69) is 6.58 Å². The lowest BCUT2D eigenvalue weighted by molar-refractivity contribution is 0.0451. The van der Waals surface area contributed by atoms with Crippen LogP contribution in [0.3, 0.4) is 0 Å². The van der Waals surface area contributed by atoms with Crippen molar-refractivity contribution in [3.8, 4) is 0 Å². The molecule has 4 unspecified atom stereocenters. The van der Waals surface area contributed by atoms with Crippen LogP contribution in [-0.2, 0) is 0 Å². The number of aliphatic hydroxyl groups is 1. The second-order valence-electron chi connectivity index (χ2n) is 4.71. The van der Waals surface area contributed by atoms with Crippen LogP contribution in [0.2, 0.25) is 0 Å². The molecule has 0 aromatic rings. The molecule has 2 aliphatic carbocycles. The van der Waals surface area contributed by atoms with Gasteiger partial charge in [0.05, 0.1) is 6.10 Å². The van der Waals surface area contributed by atoms with Gasteiger partial charge in [-0.15, -0.1) is 6.58 Å². The minimum Gasteiger partial charge on any atom is -0.393 e. The summed E-state index contributed by atoms with van der Waals surface area (Å²) in [7, 11) is 0. The lowest BCUT2D eigenvalue weighted by Crippen LogP contribution is -2.29. The first-order chi connectivity index (χ1) is 6.33. The average molecular weight is 180 g/mol. The van der Waals surface area contributed by atoms with E-state index in [-0.39, 0.29) is 6.10 Å². The quantitative estimate of drug-likeness (QED) is 0.521. The van der Waals surface area contributed by atoms with Gasteiger partial charge in [-0.25, -0.2) is 0 Å². The summed E-state index contributed by atoms with van der Waals surface area (Å²) in [6.07, 6.45) is 9.50. The van der Waals surface area contributed by atoms with Gasteiger partial charge in [0.1, 0.15) is 0 Å². The highest BCUT2D eigenvalue weighted by Crippen LogP contribution is 2.50. The molecule has 0 saturated heterocycles. The van der Waals surface area contributed by atoms with E-state index >= 15 is 0 Å². The van der Waals surface area contributed by atoms with Gasteiger partial charge in [-0.3, -0.25) is 0 Å². The second kappa shape index (κ2) is 3.83. The van der Waals surface area contributed by atoms with Gasteiger partial charge in [0.2, 0.25) is 0 Å². The molecule has 2 aliphatic rings. The molecule has 0 bridgehead atoms. The van der Waals surface area contributed by atoms with Crippen LogP contribution in [0.15, 0.2) is 12.7 Å². The average Bonchev–Trinajstić information content (AvgIpc) is 2.27. The maximum Gasteiger partial charge on any atom is 0.0599 e. The van der Waals surface area contributed by atoms with Crippen molar-refractivity contribution >= 4 is 0 Å². The van der Waals surface area contributed by atoms with Gasteiger partial charge in [-0.2, -0.15) is 0 Å². The van der Waals surface area contributed by atoms with Crippen LogP contribution < -0.4 is 0 Å². The summed E-state index contributed by atoms with van der Waals surface area (Å²) in [5, 5.41) is 9.95. The monoisotopic (exact) mass is 180 g/mol. The zero-order valence-electron chi connectivity index (χ0n) is 8.28. The van der Waals surface area contributed by atoms with Gasteiger partial charge in [0, 0.05) is 0 Å². The summed E-state index contributed by atoms with van der Waals surface area (Å²) in [5.74, 6) is 2.16. The maximum atomic E-state index is 9.95. The van der Waals surface area contributed by atoms with E-state index in [0.29, 0.717) is 11.8 Å². The molecular weight excluding hydrogens is 160 g/mol. The molecule has 0 radical (unpaired) electrons. The molecule has 0 heterocycles. The molecule has 2 saturated carbocycles. The Labute approximate surface area is 80.8 Å². The standard InChI is InChI=1S/C12H20O/c1-2-3-4-5-10-8-9-6-7-11(9)12(10)13/h2,9-13H,1,3-8H2. The molecule has 0 aromatic carbocycles. The smallest absolute Gasteiger partial charge is 0.0599 e. The van der Waals surface area contributed by atoms with Crippen molar-refractivity contribution in [1.82, 2.24) is 0 Å². The molecule has 0 aromatic heterocycles. The van der Waals surface area contributed by atoms with Crippen molar-refractivity contribution in [3.63, 3.8) is 0 Å². The third-order valence-corrected chi connectivity index (χ3v) is 3.99. The zero-order valence-corrected chi connectivity index (χ0v) is 8.28. The van der Waals surface area contributed by atoms with Gasteiger partial charge in [-0.1, -0.05) is 6.08 Å². The number of unbranched alkanes of at least 4 members (excludes halogenated alkanes) is 1.